The molecule has 1 heterocycles. The van der Waals surface area contributed by atoms with Crippen LogP contribution in [0.15, 0.2) is 18.2 Å². The Labute approximate surface area is 109 Å². The molecule has 0 saturated carbocycles. The smallest absolute Gasteiger partial charge is 0.172 e. The maximum Gasteiger partial charge on any atom is 0.172 e. The molecule has 1 aromatic carbocycles. The van der Waals surface area contributed by atoms with E-state index in [2.05, 4.69) is 12.2 Å². The molecule has 2 rings (SSSR count). The SMILES string of the molecule is COc1ccc(C)cc1C(=O)C1(C)CCNCC1. The minimum Gasteiger partial charge on any atom is -0.496 e. The number of piperidine rings is 1. The maximum atomic E-state index is 12.7. The van der Waals surface area contributed by atoms with E-state index in [1.165, 1.54) is 0 Å². The Morgan fingerprint density at radius 3 is 2.61 bits per heavy atom. The van der Waals surface area contributed by atoms with Crippen molar-refractivity contribution in [2.75, 3.05) is 20.2 Å². The van der Waals surface area contributed by atoms with Gasteiger partial charge in [0.05, 0.1) is 12.7 Å². The Balaban J connectivity index is 2.35. The third-order valence-electron chi connectivity index (χ3n) is 3.85. The summed E-state index contributed by atoms with van der Waals surface area (Å²) < 4.78 is 5.32. The van der Waals surface area contributed by atoms with E-state index in [4.69, 9.17) is 4.74 Å². The predicted octanol–water partition coefficient (Wildman–Crippen LogP) is 2.58. The van der Waals surface area contributed by atoms with Gasteiger partial charge in [-0.05, 0) is 45.0 Å². The third kappa shape index (κ3) is 2.41. The molecular formula is C15H21NO2. The number of aryl methyl sites for hydroxylation is 1. The largest absolute Gasteiger partial charge is 0.496 e. The molecule has 0 radical (unpaired) electrons. The van der Waals surface area contributed by atoms with Gasteiger partial charge in [-0.1, -0.05) is 18.6 Å². The molecule has 1 aliphatic heterocycles. The molecular weight excluding hydrogens is 226 g/mol. The van der Waals surface area contributed by atoms with Gasteiger partial charge in [0, 0.05) is 5.41 Å². The molecule has 98 valence electrons. The fraction of sp³-hybridized carbons (Fsp3) is 0.533. The first-order valence-electron chi connectivity index (χ1n) is 6.47. The standard InChI is InChI=1S/C15H21NO2/c1-11-4-5-13(18-3)12(10-11)14(17)15(2)6-8-16-9-7-15/h4-5,10,16H,6-9H2,1-3H3. The first kappa shape index (κ1) is 13.1. The summed E-state index contributed by atoms with van der Waals surface area (Å²) in [6.45, 7) is 5.89. The first-order chi connectivity index (χ1) is 8.57. The van der Waals surface area contributed by atoms with E-state index in [0.717, 1.165) is 37.1 Å². The van der Waals surface area contributed by atoms with E-state index < -0.39 is 0 Å². The number of ether oxygens (including phenoxy) is 1. The molecule has 3 heteroatoms. The first-order valence-corrected chi connectivity index (χ1v) is 6.47. The normalized spacial score (nSPS) is 18.4. The molecule has 1 saturated heterocycles. The lowest BCUT2D eigenvalue weighted by molar-refractivity contribution is 0.0759. The Morgan fingerprint density at radius 2 is 2.00 bits per heavy atom. The summed E-state index contributed by atoms with van der Waals surface area (Å²) in [5.41, 5.74) is 1.56. The van der Waals surface area contributed by atoms with E-state index in [0.29, 0.717) is 5.75 Å². The zero-order chi connectivity index (χ0) is 13.2. The molecule has 0 aliphatic carbocycles. The second-order valence-corrected chi connectivity index (χ2v) is 5.34. The average Bonchev–Trinajstić information content (AvgIpc) is 2.38. The molecule has 0 atom stereocenters. The molecule has 3 nitrogen and oxygen atoms in total. The van der Waals surface area contributed by atoms with Gasteiger partial charge in [0.25, 0.3) is 0 Å². The quantitative estimate of drug-likeness (QED) is 0.834. The minimum absolute atomic E-state index is 0.213. The molecule has 0 amide bonds. The highest BCUT2D eigenvalue weighted by atomic mass is 16.5. The third-order valence-corrected chi connectivity index (χ3v) is 3.85. The van der Waals surface area contributed by atoms with Gasteiger partial charge in [-0.25, -0.2) is 0 Å². The summed E-state index contributed by atoms with van der Waals surface area (Å²) in [5, 5.41) is 3.30. The predicted molar refractivity (Wildman–Crippen MR) is 72.3 cm³/mol. The number of nitrogens with one attached hydrogen (secondary N) is 1. The molecule has 18 heavy (non-hydrogen) atoms. The van der Waals surface area contributed by atoms with E-state index in [1.54, 1.807) is 7.11 Å². The van der Waals surface area contributed by atoms with Crippen LogP contribution in [0.25, 0.3) is 0 Å². The van der Waals surface area contributed by atoms with Gasteiger partial charge < -0.3 is 10.1 Å². The molecule has 1 aliphatic rings. The number of ketones is 1. The number of hydrogen-bond donors (Lipinski definition) is 1. The van der Waals surface area contributed by atoms with Crippen molar-refractivity contribution in [2.24, 2.45) is 5.41 Å². The molecule has 1 fully saturated rings. The fourth-order valence-electron chi connectivity index (χ4n) is 2.53. The fourth-order valence-corrected chi connectivity index (χ4v) is 2.53. The van der Waals surface area contributed by atoms with Crippen molar-refractivity contribution in [2.45, 2.75) is 26.7 Å². The van der Waals surface area contributed by atoms with E-state index in [1.807, 2.05) is 25.1 Å². The van der Waals surface area contributed by atoms with E-state index in [9.17, 15) is 4.79 Å². The van der Waals surface area contributed by atoms with Crippen molar-refractivity contribution in [3.8, 4) is 5.75 Å². The summed E-state index contributed by atoms with van der Waals surface area (Å²) in [6, 6.07) is 5.79. The van der Waals surface area contributed by atoms with E-state index in [-0.39, 0.29) is 11.2 Å². The van der Waals surface area contributed by atoms with Gasteiger partial charge in [-0.2, -0.15) is 0 Å². The summed E-state index contributed by atoms with van der Waals surface area (Å²) in [4.78, 5) is 12.7. The number of methoxy groups -OCH3 is 1. The van der Waals surface area contributed by atoms with Crippen LogP contribution < -0.4 is 10.1 Å². The van der Waals surface area contributed by atoms with Crippen LogP contribution in [0, 0.1) is 12.3 Å². The van der Waals surface area contributed by atoms with Crippen molar-refractivity contribution in [1.82, 2.24) is 5.32 Å². The monoisotopic (exact) mass is 247 g/mol. The van der Waals surface area contributed by atoms with Crippen molar-refractivity contribution in [1.29, 1.82) is 0 Å². The van der Waals surface area contributed by atoms with Crippen LogP contribution in [0.1, 0.15) is 35.7 Å². The highest BCUT2D eigenvalue weighted by molar-refractivity contribution is 6.02. The van der Waals surface area contributed by atoms with Gasteiger partial charge >= 0.3 is 0 Å². The zero-order valence-corrected chi connectivity index (χ0v) is 11.4. The molecule has 0 aromatic heterocycles. The molecule has 0 spiro atoms. The summed E-state index contributed by atoms with van der Waals surface area (Å²) in [5.74, 6) is 0.898. The molecule has 0 bridgehead atoms. The van der Waals surface area contributed by atoms with Crippen molar-refractivity contribution < 1.29 is 9.53 Å². The van der Waals surface area contributed by atoms with Crippen LogP contribution in [0.2, 0.25) is 0 Å². The van der Waals surface area contributed by atoms with Gasteiger partial charge in [-0.15, -0.1) is 0 Å². The van der Waals surface area contributed by atoms with Crippen molar-refractivity contribution >= 4 is 5.78 Å². The van der Waals surface area contributed by atoms with Crippen LogP contribution in [0.3, 0.4) is 0 Å². The van der Waals surface area contributed by atoms with Gasteiger partial charge in [0.15, 0.2) is 5.78 Å². The number of carbonyl (C=O) groups excluding carboxylic acids is 1. The lowest BCUT2D eigenvalue weighted by atomic mass is 9.74. The van der Waals surface area contributed by atoms with Crippen LogP contribution >= 0.6 is 0 Å². The lowest BCUT2D eigenvalue weighted by Crippen LogP contribution is -2.40. The van der Waals surface area contributed by atoms with Crippen LogP contribution in [-0.4, -0.2) is 26.0 Å². The number of Topliss-reactive ketones (excluding diaryl/α,β-unsaturated/α-hetero) is 1. The molecule has 1 N–H and O–H groups in total. The van der Waals surface area contributed by atoms with Crippen LogP contribution in [0.4, 0.5) is 0 Å². The summed E-state index contributed by atoms with van der Waals surface area (Å²) in [7, 11) is 1.62. The van der Waals surface area contributed by atoms with Crippen LogP contribution in [0.5, 0.6) is 5.75 Å². The molecule has 1 aromatic rings. The number of hydrogen-bond acceptors (Lipinski definition) is 3. The van der Waals surface area contributed by atoms with Gasteiger partial charge in [-0.3, -0.25) is 4.79 Å². The topological polar surface area (TPSA) is 38.3 Å². The minimum atomic E-state index is -0.258. The summed E-state index contributed by atoms with van der Waals surface area (Å²) >= 11 is 0. The number of carbonyl (C=O) groups is 1. The lowest BCUT2D eigenvalue weighted by Gasteiger charge is -2.33. The Kier molecular flexibility index (Phi) is 3.71. The number of rotatable bonds is 3. The Morgan fingerprint density at radius 1 is 1.33 bits per heavy atom. The Hall–Kier alpha value is -1.35. The highest BCUT2D eigenvalue weighted by Gasteiger charge is 2.36. The zero-order valence-electron chi connectivity index (χ0n) is 11.4. The van der Waals surface area contributed by atoms with Crippen LogP contribution in [-0.2, 0) is 0 Å². The highest BCUT2D eigenvalue weighted by Crippen LogP contribution is 2.35. The second kappa shape index (κ2) is 5.11. The van der Waals surface area contributed by atoms with Crippen molar-refractivity contribution in [3.63, 3.8) is 0 Å². The average molecular weight is 247 g/mol. The summed E-state index contributed by atoms with van der Waals surface area (Å²) in [6.07, 6.45) is 1.78. The Bertz CT molecular complexity index is 448. The molecule has 0 unspecified atom stereocenters. The van der Waals surface area contributed by atoms with Gasteiger partial charge in [0.2, 0.25) is 0 Å². The maximum absolute atomic E-state index is 12.7. The van der Waals surface area contributed by atoms with E-state index >= 15 is 0 Å². The van der Waals surface area contributed by atoms with Gasteiger partial charge in [0.1, 0.15) is 5.75 Å². The van der Waals surface area contributed by atoms with Crippen molar-refractivity contribution in [3.05, 3.63) is 29.3 Å². The number of benzene rings is 1. The second-order valence-electron chi connectivity index (χ2n) is 5.34.